The molecule has 1 N–H and O–H groups in total. The minimum absolute atomic E-state index is 0.147. The Kier molecular flexibility index (Phi) is 4.67. The van der Waals surface area contributed by atoms with Gasteiger partial charge < -0.3 is 19.3 Å². The zero-order valence-corrected chi connectivity index (χ0v) is 9.49. The van der Waals surface area contributed by atoms with Crippen LogP contribution in [-0.2, 0) is 16.1 Å². The summed E-state index contributed by atoms with van der Waals surface area (Å²) in [6.45, 7) is -0.407. The molecule has 0 spiro atoms. The summed E-state index contributed by atoms with van der Waals surface area (Å²) in [5.41, 5.74) is 0.349. The van der Waals surface area contributed by atoms with Crippen molar-refractivity contribution >= 4 is 0 Å². The molecule has 0 aliphatic carbocycles. The first-order chi connectivity index (χ1) is 7.67. The van der Waals surface area contributed by atoms with Crippen LogP contribution in [0.25, 0.3) is 0 Å². The summed E-state index contributed by atoms with van der Waals surface area (Å²) in [6, 6.07) is 2.91. The van der Waals surface area contributed by atoms with Crippen LogP contribution in [0.3, 0.4) is 0 Å². The Hall–Kier alpha value is -1.17. The van der Waals surface area contributed by atoms with E-state index in [1.54, 1.807) is 0 Å². The van der Waals surface area contributed by atoms with Crippen LogP contribution in [0.5, 0.6) is 5.75 Å². The summed E-state index contributed by atoms with van der Waals surface area (Å²) >= 11 is 0. The minimum Gasteiger partial charge on any atom is -0.497 e. The number of aliphatic hydroxyl groups excluding tert-OH is 1. The van der Waals surface area contributed by atoms with E-state index in [9.17, 15) is 4.39 Å². The third kappa shape index (κ3) is 2.49. The molecule has 1 aromatic rings. The first kappa shape index (κ1) is 12.9. The molecule has 16 heavy (non-hydrogen) atoms. The Labute approximate surface area is 93.6 Å². The standard InChI is InChI=1S/C11H15FO4/c1-14-8-4-7(6-13)10(12)9(5-8)11(15-2)16-3/h4-5,11,13H,6H2,1-3H3. The summed E-state index contributed by atoms with van der Waals surface area (Å²) in [4.78, 5) is 0. The minimum atomic E-state index is -0.819. The quantitative estimate of drug-likeness (QED) is 0.781. The Bertz CT molecular complexity index is 350. The number of ether oxygens (including phenoxy) is 3. The molecule has 0 saturated heterocycles. The summed E-state index contributed by atoms with van der Waals surface area (Å²) in [7, 11) is 4.28. The van der Waals surface area contributed by atoms with Gasteiger partial charge in [0.1, 0.15) is 11.6 Å². The molecule has 90 valence electrons. The summed E-state index contributed by atoms with van der Waals surface area (Å²) < 4.78 is 28.8. The van der Waals surface area contributed by atoms with Crippen molar-refractivity contribution < 1.29 is 23.7 Å². The number of methoxy groups -OCH3 is 3. The van der Waals surface area contributed by atoms with Crippen molar-refractivity contribution in [3.8, 4) is 5.75 Å². The molecule has 0 aromatic heterocycles. The van der Waals surface area contributed by atoms with Crippen LogP contribution in [0.4, 0.5) is 4.39 Å². The van der Waals surface area contributed by atoms with Gasteiger partial charge in [0.25, 0.3) is 0 Å². The molecule has 0 radical (unpaired) electrons. The highest BCUT2D eigenvalue weighted by Crippen LogP contribution is 2.28. The predicted octanol–water partition coefficient (Wildman–Crippen LogP) is 1.62. The topological polar surface area (TPSA) is 47.9 Å². The highest BCUT2D eigenvalue weighted by Gasteiger charge is 2.18. The molecule has 0 atom stereocenters. The molecule has 0 aliphatic rings. The second-order valence-corrected chi connectivity index (χ2v) is 3.15. The maximum absolute atomic E-state index is 13.8. The number of rotatable bonds is 5. The van der Waals surface area contributed by atoms with Crippen LogP contribution in [0.1, 0.15) is 17.4 Å². The normalized spacial score (nSPS) is 10.9. The lowest BCUT2D eigenvalue weighted by molar-refractivity contribution is -0.108. The summed E-state index contributed by atoms with van der Waals surface area (Å²) in [5.74, 6) is -0.100. The van der Waals surface area contributed by atoms with E-state index in [1.165, 1.54) is 33.5 Å². The maximum Gasteiger partial charge on any atom is 0.186 e. The molecule has 4 nitrogen and oxygen atoms in total. The molecular weight excluding hydrogens is 215 g/mol. The average Bonchev–Trinajstić information content (AvgIpc) is 2.32. The van der Waals surface area contributed by atoms with Gasteiger partial charge in [-0.2, -0.15) is 0 Å². The fraction of sp³-hybridized carbons (Fsp3) is 0.455. The highest BCUT2D eigenvalue weighted by molar-refractivity contribution is 5.36. The average molecular weight is 230 g/mol. The van der Waals surface area contributed by atoms with Crippen LogP contribution in [-0.4, -0.2) is 26.4 Å². The lowest BCUT2D eigenvalue weighted by atomic mass is 10.1. The molecule has 0 unspecified atom stereocenters. The van der Waals surface area contributed by atoms with Gasteiger partial charge in [-0.25, -0.2) is 4.39 Å². The van der Waals surface area contributed by atoms with Gasteiger partial charge in [0.2, 0.25) is 0 Å². The van der Waals surface area contributed by atoms with E-state index in [-0.39, 0.29) is 11.1 Å². The van der Waals surface area contributed by atoms with Crippen molar-refractivity contribution in [3.05, 3.63) is 29.1 Å². The van der Waals surface area contributed by atoms with E-state index in [0.717, 1.165) is 0 Å². The SMILES string of the molecule is COc1cc(CO)c(F)c(C(OC)OC)c1. The molecule has 0 aliphatic heterocycles. The van der Waals surface area contributed by atoms with Crippen LogP contribution >= 0.6 is 0 Å². The molecule has 5 heteroatoms. The number of benzene rings is 1. The Balaban J connectivity index is 3.24. The first-order valence-electron chi connectivity index (χ1n) is 4.70. The van der Waals surface area contributed by atoms with Gasteiger partial charge in [-0.1, -0.05) is 0 Å². The predicted molar refractivity (Wildman–Crippen MR) is 55.6 cm³/mol. The van der Waals surface area contributed by atoms with E-state index in [4.69, 9.17) is 19.3 Å². The molecular formula is C11H15FO4. The van der Waals surface area contributed by atoms with Gasteiger partial charge in [-0.15, -0.1) is 0 Å². The van der Waals surface area contributed by atoms with Crippen molar-refractivity contribution in [3.63, 3.8) is 0 Å². The Morgan fingerprint density at radius 3 is 2.31 bits per heavy atom. The highest BCUT2D eigenvalue weighted by atomic mass is 19.1. The van der Waals surface area contributed by atoms with Crippen molar-refractivity contribution in [2.75, 3.05) is 21.3 Å². The monoisotopic (exact) mass is 230 g/mol. The van der Waals surface area contributed by atoms with Gasteiger partial charge in [0, 0.05) is 25.3 Å². The number of hydrogen-bond acceptors (Lipinski definition) is 4. The molecule has 1 aromatic carbocycles. The lowest BCUT2D eigenvalue weighted by Gasteiger charge is -2.17. The van der Waals surface area contributed by atoms with Crippen molar-refractivity contribution in [2.24, 2.45) is 0 Å². The zero-order valence-electron chi connectivity index (χ0n) is 9.49. The van der Waals surface area contributed by atoms with E-state index in [0.29, 0.717) is 5.75 Å². The van der Waals surface area contributed by atoms with Crippen molar-refractivity contribution in [1.82, 2.24) is 0 Å². The third-order valence-corrected chi connectivity index (χ3v) is 2.24. The van der Waals surface area contributed by atoms with Crippen LogP contribution in [0, 0.1) is 5.82 Å². The van der Waals surface area contributed by atoms with Crippen LogP contribution < -0.4 is 4.74 Å². The first-order valence-corrected chi connectivity index (χ1v) is 4.70. The molecule has 0 fully saturated rings. The molecule has 1 rings (SSSR count). The molecule has 0 amide bonds. The molecule has 0 bridgehead atoms. The molecule has 0 heterocycles. The van der Waals surface area contributed by atoms with Gasteiger partial charge >= 0.3 is 0 Å². The summed E-state index contributed by atoms with van der Waals surface area (Å²) in [6.07, 6.45) is -0.819. The van der Waals surface area contributed by atoms with E-state index in [2.05, 4.69) is 0 Å². The lowest BCUT2D eigenvalue weighted by Crippen LogP contribution is -2.08. The fourth-order valence-corrected chi connectivity index (χ4v) is 1.43. The van der Waals surface area contributed by atoms with Gasteiger partial charge in [-0.3, -0.25) is 0 Å². The van der Waals surface area contributed by atoms with Crippen molar-refractivity contribution in [1.29, 1.82) is 0 Å². The largest absolute Gasteiger partial charge is 0.497 e. The van der Waals surface area contributed by atoms with Gasteiger partial charge in [-0.05, 0) is 12.1 Å². The Morgan fingerprint density at radius 1 is 1.25 bits per heavy atom. The van der Waals surface area contributed by atoms with Crippen molar-refractivity contribution in [2.45, 2.75) is 12.9 Å². The van der Waals surface area contributed by atoms with E-state index in [1.807, 2.05) is 0 Å². The fourth-order valence-electron chi connectivity index (χ4n) is 1.43. The maximum atomic E-state index is 13.8. The summed E-state index contributed by atoms with van der Waals surface area (Å²) in [5, 5.41) is 9.01. The van der Waals surface area contributed by atoms with Crippen LogP contribution in [0.15, 0.2) is 12.1 Å². The van der Waals surface area contributed by atoms with Gasteiger partial charge in [0.15, 0.2) is 6.29 Å². The zero-order chi connectivity index (χ0) is 12.1. The van der Waals surface area contributed by atoms with E-state index >= 15 is 0 Å². The van der Waals surface area contributed by atoms with E-state index < -0.39 is 18.7 Å². The number of halogens is 1. The Morgan fingerprint density at radius 2 is 1.88 bits per heavy atom. The number of hydrogen-bond donors (Lipinski definition) is 1. The molecule has 0 saturated carbocycles. The van der Waals surface area contributed by atoms with Crippen LogP contribution in [0.2, 0.25) is 0 Å². The smallest absolute Gasteiger partial charge is 0.186 e. The third-order valence-electron chi connectivity index (χ3n) is 2.24. The number of aliphatic hydroxyl groups is 1. The second kappa shape index (κ2) is 5.79. The van der Waals surface area contributed by atoms with Gasteiger partial charge in [0.05, 0.1) is 13.7 Å². The second-order valence-electron chi connectivity index (χ2n) is 3.15.